The SMILES string of the molecule is CCCN(C[C@]1(O)CC[C@H]2c3ccc(cc3C(=O)C3CCCCC3)C[C@@H](O)CCC(C)=CCC[C@@]21C)C(=O)Nc1ccccc1. The smallest absolute Gasteiger partial charge is 0.321 e. The molecule has 4 aliphatic carbocycles. The van der Waals surface area contributed by atoms with Crippen LogP contribution in [-0.4, -0.2) is 51.7 Å². The highest BCUT2D eigenvalue weighted by molar-refractivity contribution is 5.99. The fourth-order valence-electron chi connectivity index (χ4n) is 8.36. The number of amides is 2. The Kier molecular flexibility index (Phi) is 10.9. The van der Waals surface area contributed by atoms with Gasteiger partial charge in [-0.2, -0.15) is 0 Å². The molecule has 244 valence electrons. The molecule has 0 unspecified atom stereocenters. The first-order chi connectivity index (χ1) is 21.6. The largest absolute Gasteiger partial charge is 0.393 e. The number of nitrogens with zero attached hydrogens (tertiary/aromatic N) is 1. The highest BCUT2D eigenvalue weighted by atomic mass is 16.3. The van der Waals surface area contributed by atoms with E-state index in [2.05, 4.69) is 50.4 Å². The minimum Gasteiger partial charge on any atom is -0.393 e. The van der Waals surface area contributed by atoms with E-state index in [1.807, 2.05) is 30.3 Å². The third-order valence-electron chi connectivity index (χ3n) is 11.2. The molecule has 4 atom stereocenters. The van der Waals surface area contributed by atoms with Crippen molar-refractivity contribution in [2.45, 2.75) is 122 Å². The standard InChI is InChI=1S/C39H54N2O4/c1-4-24-41(37(44)40-31-15-9-6-10-16-31)27-39(45)23-21-35-33-20-18-29(26-34(33)36(43)30-13-7-5-8-14-30)25-32(42)19-17-28(2)12-11-22-38(35,39)3/h6,9-10,12,15-16,18,20,26,30,32,35,42,45H,4-5,7-8,11,13-14,17,19,21-25,27H2,1-3H3,(H,40,44)/t32-,35-,38-,39+/m0/s1. The molecule has 6 nitrogen and oxygen atoms in total. The van der Waals surface area contributed by atoms with Gasteiger partial charge in [-0.1, -0.05) is 75.1 Å². The van der Waals surface area contributed by atoms with Gasteiger partial charge in [0.25, 0.3) is 0 Å². The van der Waals surface area contributed by atoms with E-state index in [1.54, 1.807) is 4.90 Å². The summed E-state index contributed by atoms with van der Waals surface area (Å²) in [7, 11) is 0. The topological polar surface area (TPSA) is 89.9 Å². The molecule has 2 aromatic carbocycles. The summed E-state index contributed by atoms with van der Waals surface area (Å²) in [6, 6.07) is 15.6. The average Bonchev–Trinajstić information content (AvgIpc) is 3.29. The van der Waals surface area contributed by atoms with Gasteiger partial charge in [0.15, 0.2) is 5.78 Å². The van der Waals surface area contributed by atoms with Gasteiger partial charge in [0.1, 0.15) is 0 Å². The third kappa shape index (κ3) is 7.55. The van der Waals surface area contributed by atoms with E-state index < -0.39 is 17.1 Å². The number of hydrogen-bond acceptors (Lipinski definition) is 4. The second-order valence-corrected chi connectivity index (χ2v) is 14.4. The number of anilines is 1. The zero-order chi connectivity index (χ0) is 32.0. The van der Waals surface area contributed by atoms with Crippen LogP contribution in [-0.2, 0) is 6.42 Å². The van der Waals surface area contributed by atoms with Crippen molar-refractivity contribution in [2.75, 3.05) is 18.4 Å². The summed E-state index contributed by atoms with van der Waals surface area (Å²) >= 11 is 0. The van der Waals surface area contributed by atoms with Crippen LogP contribution in [0.1, 0.15) is 125 Å². The number of urea groups is 1. The maximum atomic E-state index is 14.3. The number of allylic oxidation sites excluding steroid dienone is 2. The average molecular weight is 615 g/mol. The minimum atomic E-state index is -1.13. The molecule has 0 saturated heterocycles. The number of carbonyl (C=O) groups is 2. The summed E-state index contributed by atoms with van der Waals surface area (Å²) in [4.78, 5) is 29.6. The maximum absolute atomic E-state index is 14.3. The van der Waals surface area contributed by atoms with E-state index >= 15 is 0 Å². The monoisotopic (exact) mass is 614 g/mol. The number of carbonyl (C=O) groups excluding carboxylic acids is 2. The van der Waals surface area contributed by atoms with Crippen molar-refractivity contribution >= 4 is 17.5 Å². The van der Waals surface area contributed by atoms with Gasteiger partial charge < -0.3 is 20.4 Å². The Labute approximate surface area is 270 Å². The lowest BCUT2D eigenvalue weighted by molar-refractivity contribution is -0.0763. The lowest BCUT2D eigenvalue weighted by Crippen LogP contribution is -2.54. The van der Waals surface area contributed by atoms with E-state index in [-0.39, 0.29) is 30.2 Å². The number of ketones is 1. The number of aliphatic hydroxyl groups is 2. The highest BCUT2D eigenvalue weighted by Crippen LogP contribution is 2.59. The number of para-hydroxylation sites is 1. The second kappa shape index (κ2) is 14.6. The molecule has 0 heterocycles. The molecule has 2 bridgehead atoms. The normalized spacial score (nSPS) is 27.7. The van der Waals surface area contributed by atoms with Crippen LogP contribution in [0.2, 0.25) is 0 Å². The van der Waals surface area contributed by atoms with E-state index in [0.717, 1.165) is 80.2 Å². The van der Waals surface area contributed by atoms with Crippen LogP contribution in [0.3, 0.4) is 0 Å². The molecular weight excluding hydrogens is 560 g/mol. The Morgan fingerprint density at radius 1 is 1.00 bits per heavy atom. The van der Waals surface area contributed by atoms with Gasteiger partial charge in [-0.05, 0) is 106 Å². The Hall–Kier alpha value is -2.96. The van der Waals surface area contributed by atoms with E-state index in [1.165, 1.54) is 12.0 Å². The molecule has 4 aliphatic rings. The van der Waals surface area contributed by atoms with Crippen LogP contribution in [0.4, 0.5) is 10.5 Å². The third-order valence-corrected chi connectivity index (χ3v) is 11.2. The Morgan fingerprint density at radius 2 is 1.76 bits per heavy atom. The summed E-state index contributed by atoms with van der Waals surface area (Å²) < 4.78 is 0. The van der Waals surface area contributed by atoms with Crippen molar-refractivity contribution in [3.8, 4) is 0 Å². The lowest BCUT2D eigenvalue weighted by Gasteiger charge is -2.46. The molecule has 0 spiro atoms. The van der Waals surface area contributed by atoms with Crippen LogP contribution in [0.5, 0.6) is 0 Å². The molecule has 6 heteroatoms. The zero-order valence-corrected chi connectivity index (χ0v) is 27.7. The number of benzene rings is 2. The summed E-state index contributed by atoms with van der Waals surface area (Å²) in [5.41, 5.74) is 3.14. The van der Waals surface area contributed by atoms with Crippen LogP contribution in [0.15, 0.2) is 60.2 Å². The van der Waals surface area contributed by atoms with Crippen molar-refractivity contribution < 1.29 is 19.8 Å². The van der Waals surface area contributed by atoms with Gasteiger partial charge in [0.05, 0.1) is 18.2 Å². The van der Waals surface area contributed by atoms with Crippen molar-refractivity contribution in [1.82, 2.24) is 4.90 Å². The molecule has 2 fully saturated rings. The quantitative estimate of drug-likeness (QED) is 0.216. The van der Waals surface area contributed by atoms with Crippen molar-refractivity contribution in [2.24, 2.45) is 11.3 Å². The Bertz CT molecular complexity index is 1350. The van der Waals surface area contributed by atoms with Crippen LogP contribution >= 0.6 is 0 Å². The Morgan fingerprint density at radius 3 is 2.49 bits per heavy atom. The molecule has 2 amide bonds. The summed E-state index contributed by atoms with van der Waals surface area (Å²) in [6.07, 6.45) is 12.7. The first kappa shape index (κ1) is 33.4. The lowest BCUT2D eigenvalue weighted by atomic mass is 9.64. The van der Waals surface area contributed by atoms with E-state index in [4.69, 9.17) is 0 Å². The van der Waals surface area contributed by atoms with E-state index in [9.17, 15) is 19.8 Å². The number of nitrogens with one attached hydrogen (secondary N) is 1. The van der Waals surface area contributed by atoms with Gasteiger partial charge >= 0.3 is 6.03 Å². The molecule has 2 saturated carbocycles. The number of Topliss-reactive ketones (excluding diaryl/α,β-unsaturated/α-hetero) is 1. The number of hydrogen-bond donors (Lipinski definition) is 3. The maximum Gasteiger partial charge on any atom is 0.321 e. The summed E-state index contributed by atoms with van der Waals surface area (Å²) in [5, 5.41) is 26.7. The highest BCUT2D eigenvalue weighted by Gasteiger charge is 2.57. The molecule has 45 heavy (non-hydrogen) atoms. The van der Waals surface area contributed by atoms with Crippen molar-refractivity contribution in [3.05, 3.63) is 76.9 Å². The molecule has 0 aromatic heterocycles. The minimum absolute atomic E-state index is 0.0266. The zero-order valence-electron chi connectivity index (χ0n) is 27.7. The fraction of sp³-hybridized carbons (Fsp3) is 0.590. The van der Waals surface area contributed by atoms with Crippen LogP contribution < -0.4 is 5.32 Å². The molecule has 6 rings (SSSR count). The van der Waals surface area contributed by atoms with Crippen LogP contribution in [0, 0.1) is 11.3 Å². The van der Waals surface area contributed by atoms with Gasteiger partial charge in [0, 0.05) is 29.1 Å². The molecule has 2 aromatic rings. The van der Waals surface area contributed by atoms with Gasteiger partial charge in [-0.25, -0.2) is 4.79 Å². The fourth-order valence-corrected chi connectivity index (χ4v) is 8.36. The van der Waals surface area contributed by atoms with Gasteiger partial charge in [-0.15, -0.1) is 0 Å². The summed E-state index contributed by atoms with van der Waals surface area (Å²) in [5.74, 6) is 0.244. The van der Waals surface area contributed by atoms with Crippen LogP contribution in [0.25, 0.3) is 0 Å². The first-order valence-electron chi connectivity index (χ1n) is 17.5. The second-order valence-electron chi connectivity index (χ2n) is 14.4. The molecule has 0 radical (unpaired) electrons. The summed E-state index contributed by atoms with van der Waals surface area (Å²) in [6.45, 7) is 7.17. The number of rotatable bonds is 7. The molecular formula is C39H54N2O4. The predicted octanol–water partition coefficient (Wildman–Crippen LogP) is 8.43. The number of fused-ring (bicyclic) bond motifs is 8. The molecule has 3 N–H and O–H groups in total. The van der Waals surface area contributed by atoms with Crippen molar-refractivity contribution in [1.29, 1.82) is 0 Å². The van der Waals surface area contributed by atoms with E-state index in [0.29, 0.717) is 25.8 Å². The molecule has 0 aliphatic heterocycles. The van der Waals surface area contributed by atoms with Gasteiger partial charge in [-0.3, -0.25) is 4.79 Å². The first-order valence-corrected chi connectivity index (χ1v) is 17.5. The number of aliphatic hydroxyl groups excluding tert-OH is 1. The Balaban J connectivity index is 1.53. The van der Waals surface area contributed by atoms with Crippen molar-refractivity contribution in [3.63, 3.8) is 0 Å². The van der Waals surface area contributed by atoms with Gasteiger partial charge in [0.2, 0.25) is 0 Å². The predicted molar refractivity (Wildman–Crippen MR) is 182 cm³/mol.